The number of nitrogens with one attached hydrogen (secondary N) is 1. The Labute approximate surface area is 147 Å². The van der Waals surface area contributed by atoms with Gasteiger partial charge in [-0.15, -0.1) is 0 Å². The zero-order valence-corrected chi connectivity index (χ0v) is 15.3. The zero-order valence-electron chi connectivity index (χ0n) is 14.4. The zero-order chi connectivity index (χ0) is 19.8. The van der Waals surface area contributed by atoms with Crippen LogP contribution in [0, 0.1) is 0 Å². The third kappa shape index (κ3) is 7.08. The molecule has 1 fully saturated rings. The van der Waals surface area contributed by atoms with Crippen LogP contribution >= 0.6 is 0 Å². The molecule has 0 bridgehead atoms. The van der Waals surface area contributed by atoms with Gasteiger partial charge in [0.25, 0.3) is 0 Å². The molecule has 1 rings (SSSR count). The van der Waals surface area contributed by atoms with E-state index in [1.165, 1.54) is 6.92 Å². The van der Waals surface area contributed by atoms with Crippen LogP contribution in [0.3, 0.4) is 0 Å². The number of sulfone groups is 1. The van der Waals surface area contributed by atoms with Crippen molar-refractivity contribution in [2.75, 3.05) is 5.75 Å². The minimum atomic E-state index is -3.24. The van der Waals surface area contributed by atoms with Crippen molar-refractivity contribution in [3.63, 3.8) is 0 Å². The van der Waals surface area contributed by atoms with Crippen LogP contribution in [-0.2, 0) is 24.2 Å². The Balaban J connectivity index is 0.000000697. The summed E-state index contributed by atoms with van der Waals surface area (Å²) < 4.78 is 23.4. The third-order valence-electron chi connectivity index (χ3n) is 3.88. The van der Waals surface area contributed by atoms with E-state index < -0.39 is 38.5 Å². The molecule has 142 valence electrons. The lowest BCUT2D eigenvalue weighted by molar-refractivity contribution is -0.146. The lowest BCUT2D eigenvalue weighted by Crippen LogP contribution is -2.54. The molecule has 3 N–H and O–H groups in total. The van der Waals surface area contributed by atoms with Gasteiger partial charge < -0.3 is 15.5 Å². The molecule has 2 atom stereocenters. The highest BCUT2D eigenvalue weighted by Crippen LogP contribution is 2.28. The average molecular weight is 375 g/mol. The van der Waals surface area contributed by atoms with E-state index in [2.05, 4.69) is 18.5 Å². The molecule has 9 heteroatoms. The number of carbonyl (C=O) groups excluding carboxylic acids is 1. The Hall–Kier alpha value is -2.16. The van der Waals surface area contributed by atoms with Crippen molar-refractivity contribution in [1.82, 2.24) is 5.32 Å². The van der Waals surface area contributed by atoms with Crippen molar-refractivity contribution in [2.24, 2.45) is 0 Å². The molecule has 0 aromatic rings. The molecule has 1 unspecified atom stereocenters. The van der Waals surface area contributed by atoms with Gasteiger partial charge in [0.05, 0.1) is 11.0 Å². The van der Waals surface area contributed by atoms with E-state index in [0.717, 1.165) is 6.08 Å². The normalized spacial score (nSPS) is 20.3. The van der Waals surface area contributed by atoms with Gasteiger partial charge >= 0.3 is 11.9 Å². The summed E-state index contributed by atoms with van der Waals surface area (Å²) in [7, 11) is -3.24. The standard InChI is InChI=1S/C11H17NO5S.C5H8O2/c1-3-9(13)12-11(2,10(14)15)7-8-5-4-6-18(8,16)17;1-3-4(2)5(6)7/h3,8H,1,4-7H2,2H3,(H,12,13)(H,14,15);2-3H2,1H3,(H,6,7)/t8?,11-;/m0./s1. The van der Waals surface area contributed by atoms with Gasteiger partial charge in [-0.25, -0.2) is 18.0 Å². The number of carboxylic acids is 2. The van der Waals surface area contributed by atoms with Gasteiger partial charge in [0.2, 0.25) is 5.91 Å². The van der Waals surface area contributed by atoms with Crippen LogP contribution < -0.4 is 5.32 Å². The largest absolute Gasteiger partial charge is 0.480 e. The number of carbonyl (C=O) groups is 3. The Morgan fingerprint density at radius 3 is 2.16 bits per heavy atom. The van der Waals surface area contributed by atoms with Crippen molar-refractivity contribution in [1.29, 1.82) is 0 Å². The second-order valence-electron chi connectivity index (χ2n) is 5.93. The molecule has 0 saturated carbocycles. The molecular formula is C16H25NO7S. The molecule has 0 radical (unpaired) electrons. The van der Waals surface area contributed by atoms with E-state index in [1.54, 1.807) is 6.92 Å². The quantitative estimate of drug-likeness (QED) is 0.567. The van der Waals surface area contributed by atoms with Crippen LogP contribution in [0.4, 0.5) is 0 Å². The summed E-state index contributed by atoms with van der Waals surface area (Å²) in [6.07, 6.45) is 2.34. The number of amides is 1. The second kappa shape index (κ2) is 9.36. The third-order valence-corrected chi connectivity index (χ3v) is 6.16. The van der Waals surface area contributed by atoms with Crippen molar-refractivity contribution in [3.8, 4) is 0 Å². The predicted molar refractivity (Wildman–Crippen MR) is 92.9 cm³/mol. The lowest BCUT2D eigenvalue weighted by Gasteiger charge is -2.28. The van der Waals surface area contributed by atoms with Gasteiger partial charge in [-0.05, 0) is 38.7 Å². The summed E-state index contributed by atoms with van der Waals surface area (Å²) in [6.45, 7) is 9.58. The molecule has 1 aliphatic heterocycles. The van der Waals surface area contributed by atoms with E-state index in [9.17, 15) is 22.8 Å². The highest BCUT2D eigenvalue weighted by molar-refractivity contribution is 7.92. The fourth-order valence-electron chi connectivity index (χ4n) is 2.21. The van der Waals surface area contributed by atoms with E-state index in [-0.39, 0.29) is 17.7 Å². The summed E-state index contributed by atoms with van der Waals surface area (Å²) in [5.74, 6) is -2.69. The van der Waals surface area contributed by atoms with Crippen LogP contribution in [0.15, 0.2) is 24.8 Å². The summed E-state index contributed by atoms with van der Waals surface area (Å²) >= 11 is 0. The first-order chi connectivity index (χ1) is 11.4. The smallest absolute Gasteiger partial charge is 0.330 e. The minimum Gasteiger partial charge on any atom is -0.480 e. The Kier molecular flexibility index (Phi) is 8.55. The lowest BCUT2D eigenvalue weighted by atomic mass is 9.94. The Morgan fingerprint density at radius 2 is 1.88 bits per heavy atom. The van der Waals surface area contributed by atoms with E-state index >= 15 is 0 Å². The maximum Gasteiger partial charge on any atom is 0.330 e. The van der Waals surface area contributed by atoms with Crippen molar-refractivity contribution >= 4 is 27.7 Å². The summed E-state index contributed by atoms with van der Waals surface area (Å²) in [5, 5.41) is 18.8. The number of hydrogen-bond acceptors (Lipinski definition) is 5. The van der Waals surface area contributed by atoms with Crippen molar-refractivity contribution in [3.05, 3.63) is 24.8 Å². The Morgan fingerprint density at radius 1 is 1.32 bits per heavy atom. The molecule has 1 heterocycles. The van der Waals surface area contributed by atoms with Crippen LogP contribution in [0.1, 0.15) is 39.5 Å². The van der Waals surface area contributed by atoms with Gasteiger partial charge in [-0.3, -0.25) is 4.79 Å². The monoisotopic (exact) mass is 375 g/mol. The predicted octanol–water partition coefficient (Wildman–Crippen LogP) is 1.14. The summed E-state index contributed by atoms with van der Waals surface area (Å²) in [4.78, 5) is 32.3. The summed E-state index contributed by atoms with van der Waals surface area (Å²) in [6, 6.07) is 0. The van der Waals surface area contributed by atoms with E-state index in [0.29, 0.717) is 19.3 Å². The van der Waals surface area contributed by atoms with Crippen molar-refractivity contribution in [2.45, 2.75) is 50.3 Å². The molecule has 1 aliphatic rings. The minimum absolute atomic E-state index is 0.0861. The van der Waals surface area contributed by atoms with Crippen LogP contribution in [-0.4, -0.2) is 53.0 Å². The van der Waals surface area contributed by atoms with E-state index in [4.69, 9.17) is 10.2 Å². The maximum atomic E-state index is 11.7. The fourth-order valence-corrected chi connectivity index (χ4v) is 4.22. The van der Waals surface area contributed by atoms with Gasteiger partial charge in [-0.1, -0.05) is 20.1 Å². The molecule has 8 nitrogen and oxygen atoms in total. The highest BCUT2D eigenvalue weighted by atomic mass is 32.2. The van der Waals surface area contributed by atoms with Gasteiger partial charge in [0.15, 0.2) is 9.84 Å². The molecule has 0 spiro atoms. The van der Waals surface area contributed by atoms with Gasteiger partial charge in [-0.2, -0.15) is 0 Å². The summed E-state index contributed by atoms with van der Waals surface area (Å²) in [5.41, 5.74) is -1.33. The van der Waals surface area contributed by atoms with Gasteiger partial charge in [0, 0.05) is 5.57 Å². The average Bonchev–Trinajstić information content (AvgIpc) is 2.84. The first-order valence-corrected chi connectivity index (χ1v) is 9.41. The molecule has 0 aromatic carbocycles. The van der Waals surface area contributed by atoms with Crippen LogP contribution in [0.5, 0.6) is 0 Å². The first-order valence-electron chi connectivity index (χ1n) is 7.70. The Bertz CT molecular complexity index is 653. The number of aliphatic carboxylic acids is 2. The SMILES string of the molecule is C=C(CC)C(=O)O.C=CC(=O)N[C@@](C)(CC1CCCS1(=O)=O)C(=O)O. The topological polar surface area (TPSA) is 138 Å². The number of rotatable bonds is 7. The number of hydrogen-bond donors (Lipinski definition) is 3. The van der Waals surface area contributed by atoms with Crippen LogP contribution in [0.2, 0.25) is 0 Å². The maximum absolute atomic E-state index is 11.7. The number of carboxylic acid groups (broad SMARTS) is 2. The molecule has 1 amide bonds. The van der Waals surface area contributed by atoms with E-state index in [1.807, 2.05) is 0 Å². The van der Waals surface area contributed by atoms with Gasteiger partial charge in [0.1, 0.15) is 5.54 Å². The molecular weight excluding hydrogens is 350 g/mol. The molecule has 0 aromatic heterocycles. The first kappa shape index (κ1) is 22.8. The van der Waals surface area contributed by atoms with Crippen LogP contribution in [0.25, 0.3) is 0 Å². The highest BCUT2D eigenvalue weighted by Gasteiger charge is 2.42. The fraction of sp³-hybridized carbons (Fsp3) is 0.562. The molecule has 0 aliphatic carbocycles. The molecule has 25 heavy (non-hydrogen) atoms. The molecule has 1 saturated heterocycles. The second-order valence-corrected chi connectivity index (χ2v) is 8.33. The van der Waals surface area contributed by atoms with Crippen molar-refractivity contribution < 1.29 is 33.0 Å².